The number of hydrogen-bond acceptors (Lipinski definition) is 5. The zero-order valence-corrected chi connectivity index (χ0v) is 18.0. The van der Waals surface area contributed by atoms with E-state index in [4.69, 9.17) is 9.15 Å². The van der Waals surface area contributed by atoms with Crippen LogP contribution in [0.5, 0.6) is 5.75 Å². The van der Waals surface area contributed by atoms with Crippen molar-refractivity contribution in [2.24, 2.45) is 0 Å². The number of aryl methyl sites for hydroxylation is 1. The third kappa shape index (κ3) is 6.21. The van der Waals surface area contributed by atoms with Crippen molar-refractivity contribution in [3.63, 3.8) is 0 Å². The van der Waals surface area contributed by atoms with E-state index in [0.717, 1.165) is 5.56 Å². The van der Waals surface area contributed by atoms with Crippen molar-refractivity contribution >= 4 is 23.4 Å². The summed E-state index contributed by atoms with van der Waals surface area (Å²) in [5.74, 6) is -0.298. The molecule has 8 heteroatoms. The largest absolute Gasteiger partial charge is 0.496 e. The van der Waals surface area contributed by atoms with E-state index >= 15 is 0 Å². The van der Waals surface area contributed by atoms with Gasteiger partial charge in [-0.25, -0.2) is 0 Å². The molecule has 3 amide bonds. The lowest BCUT2D eigenvalue weighted by molar-refractivity contribution is -0.124. The van der Waals surface area contributed by atoms with Crippen molar-refractivity contribution in [2.75, 3.05) is 25.5 Å². The fraction of sp³-hybridized carbons (Fsp3) is 0.208. The highest BCUT2D eigenvalue weighted by molar-refractivity contribution is 5.99. The molecule has 1 heterocycles. The second kappa shape index (κ2) is 10.8. The van der Waals surface area contributed by atoms with Gasteiger partial charge in [0, 0.05) is 5.69 Å². The number of carbonyl (C=O) groups is 3. The minimum atomic E-state index is -0.473. The first kappa shape index (κ1) is 22.6. The third-order valence-corrected chi connectivity index (χ3v) is 4.63. The first-order valence-corrected chi connectivity index (χ1v) is 10.0. The molecule has 0 spiro atoms. The number of ether oxygens (including phenoxy) is 1. The molecule has 0 aliphatic carbocycles. The van der Waals surface area contributed by atoms with Gasteiger partial charge in [-0.15, -0.1) is 0 Å². The van der Waals surface area contributed by atoms with Crippen LogP contribution in [-0.2, 0) is 16.1 Å². The Morgan fingerprint density at radius 3 is 2.53 bits per heavy atom. The molecule has 3 rings (SSSR count). The molecule has 8 nitrogen and oxygen atoms in total. The number of anilines is 1. The summed E-state index contributed by atoms with van der Waals surface area (Å²) in [6.45, 7) is 1.54. The van der Waals surface area contributed by atoms with E-state index in [1.54, 1.807) is 42.5 Å². The fourth-order valence-electron chi connectivity index (χ4n) is 3.12. The van der Waals surface area contributed by atoms with Gasteiger partial charge in [-0.05, 0) is 48.9 Å². The van der Waals surface area contributed by atoms with Gasteiger partial charge in [0.15, 0.2) is 0 Å². The van der Waals surface area contributed by atoms with E-state index in [-0.39, 0.29) is 25.5 Å². The molecule has 32 heavy (non-hydrogen) atoms. The van der Waals surface area contributed by atoms with Crippen LogP contribution >= 0.6 is 0 Å². The topological polar surface area (TPSA) is 101 Å². The SMILES string of the molecule is COc1ccccc1C(=O)N(CC(=O)NCC(=O)Nc1cccc(C)c1)Cc1ccco1. The molecule has 0 fully saturated rings. The van der Waals surface area contributed by atoms with Gasteiger partial charge in [0.25, 0.3) is 5.91 Å². The lowest BCUT2D eigenvalue weighted by atomic mass is 10.1. The van der Waals surface area contributed by atoms with Crippen LogP contribution in [0.25, 0.3) is 0 Å². The summed E-state index contributed by atoms with van der Waals surface area (Å²) in [4.78, 5) is 39.2. The van der Waals surface area contributed by atoms with Crippen molar-refractivity contribution in [2.45, 2.75) is 13.5 Å². The molecule has 3 aromatic rings. The van der Waals surface area contributed by atoms with Crippen molar-refractivity contribution < 1.29 is 23.5 Å². The van der Waals surface area contributed by atoms with Gasteiger partial charge in [-0.3, -0.25) is 14.4 Å². The Hall–Kier alpha value is -4.07. The quantitative estimate of drug-likeness (QED) is 0.538. The molecular formula is C24H25N3O5. The number of para-hydroxylation sites is 1. The monoisotopic (exact) mass is 435 g/mol. The molecule has 166 valence electrons. The average molecular weight is 435 g/mol. The molecule has 2 N–H and O–H groups in total. The van der Waals surface area contributed by atoms with E-state index < -0.39 is 11.8 Å². The zero-order chi connectivity index (χ0) is 22.9. The van der Waals surface area contributed by atoms with Crippen LogP contribution < -0.4 is 15.4 Å². The number of furan rings is 1. The minimum absolute atomic E-state index is 0.0901. The first-order chi connectivity index (χ1) is 15.5. The molecule has 0 saturated carbocycles. The number of amides is 3. The lowest BCUT2D eigenvalue weighted by Crippen LogP contribution is -2.42. The molecule has 0 aliphatic rings. The van der Waals surface area contributed by atoms with Gasteiger partial charge in [-0.2, -0.15) is 0 Å². The summed E-state index contributed by atoms with van der Waals surface area (Å²) in [6.07, 6.45) is 1.50. The van der Waals surface area contributed by atoms with Crippen LogP contribution in [0.4, 0.5) is 5.69 Å². The van der Waals surface area contributed by atoms with E-state index in [1.165, 1.54) is 18.3 Å². The molecule has 0 bridgehead atoms. The Morgan fingerprint density at radius 1 is 1.00 bits per heavy atom. The third-order valence-electron chi connectivity index (χ3n) is 4.63. The van der Waals surface area contributed by atoms with Gasteiger partial charge in [-0.1, -0.05) is 24.3 Å². The van der Waals surface area contributed by atoms with Crippen LogP contribution in [-0.4, -0.2) is 42.8 Å². The summed E-state index contributed by atoms with van der Waals surface area (Å²) < 4.78 is 10.6. The van der Waals surface area contributed by atoms with Crippen LogP contribution in [0.15, 0.2) is 71.3 Å². The van der Waals surface area contributed by atoms with E-state index in [1.807, 2.05) is 25.1 Å². The highest BCUT2D eigenvalue weighted by atomic mass is 16.5. The normalized spacial score (nSPS) is 10.3. The lowest BCUT2D eigenvalue weighted by Gasteiger charge is -2.22. The minimum Gasteiger partial charge on any atom is -0.496 e. The zero-order valence-electron chi connectivity index (χ0n) is 18.0. The number of rotatable bonds is 9. The number of hydrogen-bond donors (Lipinski definition) is 2. The predicted octanol–water partition coefficient (Wildman–Crippen LogP) is 2.99. The summed E-state index contributed by atoms with van der Waals surface area (Å²) in [5.41, 5.74) is 1.98. The van der Waals surface area contributed by atoms with Crippen LogP contribution in [0.1, 0.15) is 21.7 Å². The van der Waals surface area contributed by atoms with Crippen LogP contribution in [0, 0.1) is 6.92 Å². The second-order valence-corrected chi connectivity index (χ2v) is 7.14. The predicted molar refractivity (Wildman–Crippen MR) is 119 cm³/mol. The second-order valence-electron chi connectivity index (χ2n) is 7.14. The molecule has 0 unspecified atom stereocenters. The van der Waals surface area contributed by atoms with Crippen molar-refractivity contribution in [3.05, 3.63) is 83.8 Å². The fourth-order valence-corrected chi connectivity index (χ4v) is 3.12. The highest BCUT2D eigenvalue weighted by Crippen LogP contribution is 2.20. The number of carbonyl (C=O) groups excluding carboxylic acids is 3. The summed E-state index contributed by atoms with van der Waals surface area (Å²) in [5, 5.41) is 5.28. The summed E-state index contributed by atoms with van der Waals surface area (Å²) in [7, 11) is 1.47. The number of methoxy groups -OCH3 is 1. The average Bonchev–Trinajstić information content (AvgIpc) is 3.30. The maximum atomic E-state index is 13.1. The van der Waals surface area contributed by atoms with Gasteiger partial charge in [0.1, 0.15) is 18.1 Å². The Labute approximate surface area is 186 Å². The molecule has 0 saturated heterocycles. The maximum Gasteiger partial charge on any atom is 0.258 e. The molecule has 0 aliphatic heterocycles. The van der Waals surface area contributed by atoms with Crippen molar-refractivity contribution in [3.8, 4) is 5.75 Å². The Balaban J connectivity index is 1.64. The smallest absolute Gasteiger partial charge is 0.258 e. The summed E-state index contributed by atoms with van der Waals surface area (Å²) >= 11 is 0. The maximum absolute atomic E-state index is 13.1. The standard InChI is InChI=1S/C24H25N3O5/c1-17-7-5-8-18(13-17)26-22(28)14-25-23(29)16-27(15-19-9-6-12-32-19)24(30)20-10-3-4-11-21(20)31-2/h3-13H,14-16H2,1-2H3,(H,25,29)(H,26,28). The number of nitrogens with zero attached hydrogens (tertiary/aromatic N) is 1. The highest BCUT2D eigenvalue weighted by Gasteiger charge is 2.23. The van der Waals surface area contributed by atoms with E-state index in [2.05, 4.69) is 10.6 Å². The Bertz CT molecular complexity index is 1080. The number of nitrogens with one attached hydrogen (secondary N) is 2. The van der Waals surface area contributed by atoms with Gasteiger partial charge in [0.2, 0.25) is 11.8 Å². The number of benzene rings is 2. The van der Waals surface area contributed by atoms with Gasteiger partial charge < -0.3 is 24.7 Å². The Kier molecular flexibility index (Phi) is 7.64. The molecular weight excluding hydrogens is 410 g/mol. The van der Waals surface area contributed by atoms with Crippen molar-refractivity contribution in [1.29, 1.82) is 0 Å². The first-order valence-electron chi connectivity index (χ1n) is 10.0. The Morgan fingerprint density at radius 2 is 1.81 bits per heavy atom. The molecule has 1 aromatic heterocycles. The van der Waals surface area contributed by atoms with Gasteiger partial charge in [0.05, 0.1) is 32.0 Å². The van der Waals surface area contributed by atoms with Crippen molar-refractivity contribution in [1.82, 2.24) is 10.2 Å². The van der Waals surface area contributed by atoms with Crippen LogP contribution in [0.3, 0.4) is 0 Å². The molecule has 0 radical (unpaired) electrons. The molecule has 2 aromatic carbocycles. The molecule has 0 atom stereocenters. The van der Waals surface area contributed by atoms with Gasteiger partial charge >= 0.3 is 0 Å². The summed E-state index contributed by atoms with van der Waals surface area (Å²) in [6, 6.07) is 17.6. The van der Waals surface area contributed by atoms with Crippen LogP contribution in [0.2, 0.25) is 0 Å². The van der Waals surface area contributed by atoms with E-state index in [0.29, 0.717) is 22.8 Å². The van der Waals surface area contributed by atoms with E-state index in [9.17, 15) is 14.4 Å².